The Hall–Kier alpha value is -3.79. The minimum atomic E-state index is -0.376. The molecule has 5 aromatic rings. The highest BCUT2D eigenvalue weighted by molar-refractivity contribution is 7.18. The number of amides is 1. The molecule has 1 aliphatic carbocycles. The molecule has 1 aliphatic heterocycles. The summed E-state index contributed by atoms with van der Waals surface area (Å²) in [6, 6.07) is 7.66. The molecular weight excluding hydrogens is 450 g/mol. The molecule has 1 amide bonds. The number of aromatic nitrogens is 6. The fourth-order valence-electron chi connectivity index (χ4n) is 4.66. The molecule has 0 saturated heterocycles. The number of aryl methyl sites for hydroxylation is 1. The number of oxazole rings is 1. The molecule has 170 valence electrons. The van der Waals surface area contributed by atoms with Gasteiger partial charge in [0.1, 0.15) is 11.0 Å². The van der Waals surface area contributed by atoms with Crippen molar-refractivity contribution in [3.63, 3.8) is 0 Å². The number of imidazole rings is 1. The summed E-state index contributed by atoms with van der Waals surface area (Å²) < 4.78 is 8.93. The van der Waals surface area contributed by atoms with Crippen LogP contribution < -0.4 is 0 Å². The molecule has 0 radical (unpaired) electrons. The number of aromatic amines is 1. The van der Waals surface area contributed by atoms with Gasteiger partial charge in [0, 0.05) is 37.8 Å². The van der Waals surface area contributed by atoms with Crippen molar-refractivity contribution in [3.8, 4) is 11.5 Å². The Kier molecular flexibility index (Phi) is 4.25. The number of nitrogens with one attached hydrogen (secondary N) is 1. The van der Waals surface area contributed by atoms with Crippen LogP contribution in [0.4, 0.5) is 0 Å². The monoisotopic (exact) mass is 471 g/mol. The van der Waals surface area contributed by atoms with Crippen molar-refractivity contribution < 1.29 is 9.21 Å². The third-order valence-electron chi connectivity index (χ3n) is 6.49. The third-order valence-corrected chi connectivity index (χ3v) is 7.58. The number of hydrogen-bond donors (Lipinski definition) is 1. The highest BCUT2D eigenvalue weighted by Gasteiger charge is 2.41. The lowest BCUT2D eigenvalue weighted by Gasteiger charge is -2.33. The van der Waals surface area contributed by atoms with Crippen LogP contribution in [0.25, 0.3) is 21.7 Å². The summed E-state index contributed by atoms with van der Waals surface area (Å²) in [4.78, 5) is 33.3. The summed E-state index contributed by atoms with van der Waals surface area (Å²) in [5.74, 6) is 0.862. The molecule has 4 aromatic heterocycles. The van der Waals surface area contributed by atoms with Gasteiger partial charge in [-0.3, -0.25) is 9.48 Å². The van der Waals surface area contributed by atoms with Crippen molar-refractivity contribution in [2.45, 2.75) is 31.2 Å². The van der Waals surface area contributed by atoms with Gasteiger partial charge in [-0.15, -0.1) is 11.3 Å². The van der Waals surface area contributed by atoms with Crippen LogP contribution in [0.3, 0.4) is 0 Å². The van der Waals surface area contributed by atoms with Crippen LogP contribution in [0.2, 0.25) is 0 Å². The Bertz CT molecular complexity index is 1510. The van der Waals surface area contributed by atoms with Crippen LogP contribution in [0.1, 0.15) is 57.4 Å². The van der Waals surface area contributed by atoms with E-state index in [9.17, 15) is 4.79 Å². The van der Waals surface area contributed by atoms with E-state index in [0.29, 0.717) is 24.6 Å². The average Bonchev–Trinajstić information content (AvgIpc) is 3.24. The van der Waals surface area contributed by atoms with Gasteiger partial charge in [-0.05, 0) is 25.0 Å². The lowest BCUT2D eigenvalue weighted by molar-refractivity contribution is 0.0657. The molecule has 1 fully saturated rings. The molecule has 1 aromatic carbocycles. The number of fused-ring (bicyclic) bond motifs is 2. The quantitative estimate of drug-likeness (QED) is 0.424. The van der Waals surface area contributed by atoms with Gasteiger partial charge in [0.25, 0.3) is 5.91 Å². The molecule has 1 saturated carbocycles. The van der Waals surface area contributed by atoms with Gasteiger partial charge in [0.2, 0.25) is 11.7 Å². The second-order valence-corrected chi connectivity index (χ2v) is 9.91. The van der Waals surface area contributed by atoms with Crippen LogP contribution in [0.15, 0.2) is 47.4 Å². The predicted molar refractivity (Wildman–Crippen MR) is 125 cm³/mol. The molecule has 10 heteroatoms. The van der Waals surface area contributed by atoms with Gasteiger partial charge in [0.15, 0.2) is 0 Å². The number of carbonyl (C=O) groups excluding carboxylic acids is 1. The minimum Gasteiger partial charge on any atom is -0.430 e. The number of benzene rings is 1. The van der Waals surface area contributed by atoms with Gasteiger partial charge < -0.3 is 14.3 Å². The van der Waals surface area contributed by atoms with E-state index >= 15 is 0 Å². The lowest BCUT2D eigenvalue weighted by atomic mass is 10.0. The summed E-state index contributed by atoms with van der Waals surface area (Å²) in [7, 11) is 1.85. The number of thiazole rings is 1. The smallest absolute Gasteiger partial charge is 0.292 e. The van der Waals surface area contributed by atoms with Gasteiger partial charge in [-0.1, -0.05) is 12.1 Å². The van der Waals surface area contributed by atoms with Crippen molar-refractivity contribution in [2.75, 3.05) is 6.54 Å². The fourth-order valence-corrected chi connectivity index (χ4v) is 5.74. The maximum Gasteiger partial charge on any atom is 0.292 e. The van der Waals surface area contributed by atoms with Crippen molar-refractivity contribution in [1.29, 1.82) is 0 Å². The Labute approximate surface area is 198 Å². The number of H-pyrrole nitrogens is 1. The first-order chi connectivity index (χ1) is 16.7. The Morgan fingerprint density at radius 2 is 2.09 bits per heavy atom. The van der Waals surface area contributed by atoms with E-state index in [-0.39, 0.29) is 17.9 Å². The summed E-state index contributed by atoms with van der Waals surface area (Å²) in [5.41, 5.74) is 4.33. The predicted octanol–water partition coefficient (Wildman–Crippen LogP) is 4.07. The van der Waals surface area contributed by atoms with E-state index in [0.717, 1.165) is 50.7 Å². The van der Waals surface area contributed by atoms with Crippen LogP contribution >= 0.6 is 11.3 Å². The number of para-hydroxylation sites is 1. The second kappa shape index (κ2) is 7.36. The minimum absolute atomic E-state index is 0.164. The van der Waals surface area contributed by atoms with E-state index in [4.69, 9.17) is 14.4 Å². The molecule has 0 spiro atoms. The van der Waals surface area contributed by atoms with Crippen molar-refractivity contribution in [1.82, 2.24) is 34.6 Å². The highest BCUT2D eigenvalue weighted by atomic mass is 32.1. The maximum absolute atomic E-state index is 14.0. The Morgan fingerprint density at radius 3 is 2.88 bits per heavy atom. The molecule has 1 N–H and O–H groups in total. The first-order valence-electron chi connectivity index (χ1n) is 11.3. The Morgan fingerprint density at radius 1 is 1.21 bits per heavy atom. The molecule has 0 bridgehead atoms. The van der Waals surface area contributed by atoms with Gasteiger partial charge in [-0.2, -0.15) is 5.10 Å². The first kappa shape index (κ1) is 19.7. The highest BCUT2D eigenvalue weighted by Crippen LogP contribution is 2.44. The summed E-state index contributed by atoms with van der Waals surface area (Å²) >= 11 is 1.60. The van der Waals surface area contributed by atoms with Crippen LogP contribution in [-0.4, -0.2) is 47.1 Å². The number of nitrogens with zero attached hydrogens (tertiary/aromatic N) is 6. The standard InChI is InChI=1S/C24H21N7O2S/c1-30-11-14(10-27-30)22-29-18(13-6-7-13)21(33-22)24(32)31-9-8-16-19(26-12-25-16)20(31)23-28-15-4-2-3-5-17(15)34-23/h2-5,10-13,20H,6-9H2,1H3,(H,25,26)/t20-/m0/s1. The van der Waals surface area contributed by atoms with Gasteiger partial charge >= 0.3 is 0 Å². The molecule has 7 rings (SSSR count). The SMILES string of the molecule is Cn1cc(-c2nc(C3CC3)c(C(=O)N3CCc4[nH]cnc4[C@H]3c3nc4ccccc4s3)o2)cn1. The van der Waals surface area contributed by atoms with Crippen molar-refractivity contribution in [2.24, 2.45) is 7.05 Å². The molecule has 0 unspecified atom stereocenters. The van der Waals surface area contributed by atoms with Crippen LogP contribution in [0, 0.1) is 0 Å². The molecule has 9 nitrogen and oxygen atoms in total. The van der Waals surface area contributed by atoms with E-state index in [1.54, 1.807) is 28.5 Å². The van der Waals surface area contributed by atoms with Crippen LogP contribution in [0.5, 0.6) is 0 Å². The summed E-state index contributed by atoms with van der Waals surface area (Å²) in [5, 5.41) is 5.07. The van der Waals surface area contributed by atoms with Gasteiger partial charge in [0.05, 0.1) is 39.7 Å². The van der Waals surface area contributed by atoms with E-state index in [2.05, 4.69) is 21.1 Å². The van der Waals surface area contributed by atoms with Crippen molar-refractivity contribution >= 4 is 27.5 Å². The Balaban J connectivity index is 1.33. The molecule has 2 aliphatic rings. The van der Waals surface area contributed by atoms with Crippen LogP contribution in [-0.2, 0) is 13.5 Å². The molecule has 5 heterocycles. The number of rotatable bonds is 4. The number of carbonyl (C=O) groups is 1. The normalized spacial score (nSPS) is 17.9. The van der Waals surface area contributed by atoms with Crippen molar-refractivity contribution in [3.05, 3.63) is 70.8 Å². The largest absolute Gasteiger partial charge is 0.430 e. The topological polar surface area (TPSA) is 106 Å². The zero-order valence-electron chi connectivity index (χ0n) is 18.4. The maximum atomic E-state index is 14.0. The van der Waals surface area contributed by atoms with E-state index in [1.807, 2.05) is 36.3 Å². The average molecular weight is 472 g/mol. The zero-order chi connectivity index (χ0) is 22.8. The summed E-state index contributed by atoms with van der Waals surface area (Å²) in [6.07, 6.45) is 7.98. The molecule has 34 heavy (non-hydrogen) atoms. The zero-order valence-corrected chi connectivity index (χ0v) is 19.2. The summed E-state index contributed by atoms with van der Waals surface area (Å²) in [6.45, 7) is 0.543. The molecule has 1 atom stereocenters. The van der Waals surface area contributed by atoms with Gasteiger partial charge in [-0.25, -0.2) is 15.0 Å². The second-order valence-electron chi connectivity index (χ2n) is 8.85. The molecular formula is C24H21N7O2S. The first-order valence-corrected chi connectivity index (χ1v) is 12.2. The fraction of sp³-hybridized carbons (Fsp3) is 0.292. The number of hydrogen-bond acceptors (Lipinski definition) is 7. The van der Waals surface area contributed by atoms with E-state index in [1.165, 1.54) is 0 Å². The lowest BCUT2D eigenvalue weighted by Crippen LogP contribution is -2.41. The van der Waals surface area contributed by atoms with E-state index < -0.39 is 0 Å². The third kappa shape index (κ3) is 3.09.